The molecular formula is C20H22Cl2N2O4S. The van der Waals surface area contributed by atoms with Crippen LogP contribution in [0.15, 0.2) is 41.3 Å². The second kappa shape index (κ2) is 8.92. The predicted molar refractivity (Wildman–Crippen MR) is 113 cm³/mol. The second-order valence-electron chi connectivity index (χ2n) is 6.89. The van der Waals surface area contributed by atoms with E-state index in [1.54, 1.807) is 11.0 Å². The van der Waals surface area contributed by atoms with Crippen LogP contribution in [0.1, 0.15) is 11.1 Å². The van der Waals surface area contributed by atoms with Gasteiger partial charge in [0.2, 0.25) is 10.0 Å². The minimum Gasteiger partial charge on any atom is -0.484 e. The normalized spacial score (nSPS) is 15.4. The van der Waals surface area contributed by atoms with Crippen LogP contribution >= 0.6 is 23.2 Å². The van der Waals surface area contributed by atoms with E-state index < -0.39 is 10.0 Å². The first-order valence-electron chi connectivity index (χ1n) is 9.12. The van der Waals surface area contributed by atoms with E-state index in [-0.39, 0.29) is 53.6 Å². The standard InChI is InChI=1S/C20H22Cl2N2O4S/c1-14-6-7-18(15(2)12-14)28-13-19(25)23-8-10-24(11-9-23)29(26,27)20-16(21)4-3-5-17(20)22/h3-7,12H,8-11,13H2,1-2H3. The SMILES string of the molecule is Cc1ccc(OCC(=O)N2CCN(S(=O)(=O)c3c(Cl)cccc3Cl)CC2)c(C)c1. The Morgan fingerprint density at radius 1 is 1.03 bits per heavy atom. The highest BCUT2D eigenvalue weighted by Gasteiger charge is 2.33. The maximum atomic E-state index is 12.9. The Kier molecular flexibility index (Phi) is 6.73. The Morgan fingerprint density at radius 2 is 1.66 bits per heavy atom. The van der Waals surface area contributed by atoms with Gasteiger partial charge in [0.25, 0.3) is 5.91 Å². The smallest absolute Gasteiger partial charge is 0.260 e. The Hall–Kier alpha value is -1.80. The zero-order valence-corrected chi connectivity index (χ0v) is 18.5. The van der Waals surface area contributed by atoms with E-state index >= 15 is 0 Å². The van der Waals surface area contributed by atoms with Crippen LogP contribution < -0.4 is 4.74 Å². The number of nitrogens with zero attached hydrogens (tertiary/aromatic N) is 2. The Morgan fingerprint density at radius 3 is 2.24 bits per heavy atom. The number of carbonyl (C=O) groups is 1. The molecule has 1 aliphatic heterocycles. The van der Waals surface area contributed by atoms with E-state index in [1.807, 2.05) is 32.0 Å². The zero-order chi connectivity index (χ0) is 21.2. The summed E-state index contributed by atoms with van der Waals surface area (Å²) in [5, 5.41) is 0.163. The lowest BCUT2D eigenvalue weighted by molar-refractivity contribution is -0.134. The van der Waals surface area contributed by atoms with Crippen LogP contribution in [0.3, 0.4) is 0 Å². The van der Waals surface area contributed by atoms with Gasteiger partial charge in [-0.2, -0.15) is 4.31 Å². The fourth-order valence-electron chi connectivity index (χ4n) is 3.23. The Labute approximate surface area is 181 Å². The summed E-state index contributed by atoms with van der Waals surface area (Å²) >= 11 is 12.1. The molecule has 3 rings (SSSR count). The van der Waals surface area contributed by atoms with Gasteiger partial charge in [-0.05, 0) is 37.6 Å². The quantitative estimate of drug-likeness (QED) is 0.689. The van der Waals surface area contributed by atoms with Crippen LogP contribution in [0.2, 0.25) is 10.0 Å². The molecule has 0 N–H and O–H groups in total. The number of ether oxygens (including phenoxy) is 1. The number of aryl methyl sites for hydroxylation is 2. The third kappa shape index (κ3) is 4.86. The maximum absolute atomic E-state index is 12.9. The highest BCUT2D eigenvalue weighted by molar-refractivity contribution is 7.89. The monoisotopic (exact) mass is 456 g/mol. The molecule has 2 aromatic carbocycles. The van der Waals surface area contributed by atoms with E-state index in [0.717, 1.165) is 11.1 Å². The van der Waals surface area contributed by atoms with Gasteiger partial charge in [-0.25, -0.2) is 8.42 Å². The molecule has 0 saturated carbocycles. The summed E-state index contributed by atoms with van der Waals surface area (Å²) < 4.78 is 32.8. The lowest BCUT2D eigenvalue weighted by Gasteiger charge is -2.34. The van der Waals surface area contributed by atoms with Crippen molar-refractivity contribution in [2.75, 3.05) is 32.8 Å². The molecule has 1 heterocycles. The van der Waals surface area contributed by atoms with E-state index in [4.69, 9.17) is 27.9 Å². The molecular weight excluding hydrogens is 435 g/mol. The van der Waals surface area contributed by atoms with E-state index in [0.29, 0.717) is 5.75 Å². The number of benzene rings is 2. The van der Waals surface area contributed by atoms with Crippen molar-refractivity contribution in [3.05, 3.63) is 57.6 Å². The predicted octanol–water partition coefficient (Wildman–Crippen LogP) is 3.52. The number of carbonyl (C=O) groups excluding carboxylic acids is 1. The highest BCUT2D eigenvalue weighted by atomic mass is 35.5. The molecule has 1 saturated heterocycles. The number of sulfonamides is 1. The number of halogens is 2. The third-order valence-electron chi connectivity index (χ3n) is 4.79. The molecule has 0 aromatic heterocycles. The van der Waals surface area contributed by atoms with Gasteiger partial charge in [0.1, 0.15) is 10.6 Å². The van der Waals surface area contributed by atoms with Crippen LogP contribution in [0.4, 0.5) is 0 Å². The van der Waals surface area contributed by atoms with E-state index in [1.165, 1.54) is 16.4 Å². The van der Waals surface area contributed by atoms with Gasteiger partial charge in [-0.1, -0.05) is 47.0 Å². The maximum Gasteiger partial charge on any atom is 0.260 e. The average Bonchev–Trinajstić information content (AvgIpc) is 2.67. The molecule has 1 aliphatic rings. The highest BCUT2D eigenvalue weighted by Crippen LogP contribution is 2.31. The lowest BCUT2D eigenvalue weighted by Crippen LogP contribution is -2.51. The molecule has 2 aromatic rings. The topological polar surface area (TPSA) is 66.9 Å². The molecule has 0 radical (unpaired) electrons. The first-order valence-corrected chi connectivity index (χ1v) is 11.3. The summed E-state index contributed by atoms with van der Waals surface area (Å²) in [7, 11) is -3.84. The van der Waals surface area contributed by atoms with Crippen molar-refractivity contribution in [2.45, 2.75) is 18.7 Å². The molecule has 0 atom stereocenters. The summed E-state index contributed by atoms with van der Waals surface area (Å²) in [6, 6.07) is 10.3. The average molecular weight is 457 g/mol. The number of amides is 1. The molecule has 0 unspecified atom stereocenters. The zero-order valence-electron chi connectivity index (χ0n) is 16.2. The molecule has 6 nitrogen and oxygen atoms in total. The molecule has 0 spiro atoms. The minimum atomic E-state index is -3.84. The van der Waals surface area contributed by atoms with Gasteiger partial charge < -0.3 is 9.64 Å². The van der Waals surface area contributed by atoms with Crippen LogP contribution in [0, 0.1) is 13.8 Å². The second-order valence-corrected chi connectivity index (χ2v) is 9.58. The van der Waals surface area contributed by atoms with E-state index in [2.05, 4.69) is 0 Å². The largest absolute Gasteiger partial charge is 0.484 e. The minimum absolute atomic E-state index is 0.0814. The summed E-state index contributed by atoms with van der Waals surface area (Å²) in [6.07, 6.45) is 0. The van der Waals surface area contributed by atoms with Crippen molar-refractivity contribution < 1.29 is 17.9 Å². The Bertz CT molecular complexity index is 999. The fraction of sp³-hybridized carbons (Fsp3) is 0.350. The molecule has 1 fully saturated rings. The van der Waals surface area contributed by atoms with Gasteiger partial charge in [0.05, 0.1) is 10.0 Å². The van der Waals surface area contributed by atoms with Crippen LogP contribution in [0.5, 0.6) is 5.75 Å². The summed E-state index contributed by atoms with van der Waals surface area (Å²) in [5.74, 6) is 0.483. The molecule has 9 heteroatoms. The van der Waals surface area contributed by atoms with Crippen molar-refractivity contribution in [3.63, 3.8) is 0 Å². The van der Waals surface area contributed by atoms with Gasteiger partial charge in [0, 0.05) is 26.2 Å². The van der Waals surface area contributed by atoms with Crippen molar-refractivity contribution in [3.8, 4) is 5.75 Å². The lowest BCUT2D eigenvalue weighted by atomic mass is 10.1. The number of piperazine rings is 1. The summed E-state index contributed by atoms with van der Waals surface area (Å²) in [4.78, 5) is 14.0. The molecule has 29 heavy (non-hydrogen) atoms. The van der Waals surface area contributed by atoms with Crippen molar-refractivity contribution >= 4 is 39.1 Å². The first kappa shape index (κ1) is 21.9. The van der Waals surface area contributed by atoms with E-state index in [9.17, 15) is 13.2 Å². The summed E-state index contributed by atoms with van der Waals surface area (Å²) in [5.41, 5.74) is 2.09. The summed E-state index contributed by atoms with van der Waals surface area (Å²) in [6.45, 7) is 4.71. The first-order chi connectivity index (χ1) is 13.7. The molecule has 156 valence electrons. The van der Waals surface area contributed by atoms with Gasteiger partial charge in [-0.15, -0.1) is 0 Å². The van der Waals surface area contributed by atoms with Crippen LogP contribution in [-0.2, 0) is 14.8 Å². The van der Waals surface area contributed by atoms with Crippen molar-refractivity contribution in [2.24, 2.45) is 0 Å². The molecule has 0 bridgehead atoms. The van der Waals surface area contributed by atoms with Crippen LogP contribution in [-0.4, -0.2) is 56.3 Å². The number of hydrogen-bond acceptors (Lipinski definition) is 4. The van der Waals surface area contributed by atoms with Crippen molar-refractivity contribution in [1.82, 2.24) is 9.21 Å². The van der Waals surface area contributed by atoms with Gasteiger partial charge >= 0.3 is 0 Å². The Balaban J connectivity index is 1.60. The number of hydrogen-bond donors (Lipinski definition) is 0. The van der Waals surface area contributed by atoms with Crippen molar-refractivity contribution in [1.29, 1.82) is 0 Å². The van der Waals surface area contributed by atoms with Gasteiger partial charge in [0.15, 0.2) is 6.61 Å². The third-order valence-corrected chi connectivity index (χ3v) is 7.64. The molecule has 1 amide bonds. The fourth-order valence-corrected chi connectivity index (χ4v) is 5.74. The van der Waals surface area contributed by atoms with Crippen LogP contribution in [0.25, 0.3) is 0 Å². The molecule has 0 aliphatic carbocycles. The number of rotatable bonds is 5. The van der Waals surface area contributed by atoms with Gasteiger partial charge in [-0.3, -0.25) is 4.79 Å².